The highest BCUT2D eigenvalue weighted by Gasteiger charge is 2.66. The first-order valence-electron chi connectivity index (χ1n) is 14.9. The molecule has 3 fully saturated rings. The molecule has 2 amide bonds. The van der Waals surface area contributed by atoms with Crippen LogP contribution in [0, 0.1) is 40.7 Å². The number of halogens is 4. The topological polar surface area (TPSA) is 137 Å². The lowest BCUT2D eigenvalue weighted by Crippen LogP contribution is -2.37. The number of nitrogens with zero attached hydrogens (tertiary/aromatic N) is 3. The number of benzene rings is 3. The number of carbonyl (C=O) groups excluding carboxylic acids is 4. The van der Waals surface area contributed by atoms with E-state index in [-0.39, 0.29) is 61.3 Å². The maximum atomic E-state index is 13.5. The van der Waals surface area contributed by atoms with Gasteiger partial charge in [0.2, 0.25) is 17.6 Å². The molecule has 2 heterocycles. The van der Waals surface area contributed by atoms with Gasteiger partial charge in [0.15, 0.2) is 6.61 Å². The van der Waals surface area contributed by atoms with E-state index in [2.05, 4.69) is 47.8 Å². The van der Waals surface area contributed by atoms with E-state index in [9.17, 15) is 29.3 Å². The van der Waals surface area contributed by atoms with Crippen molar-refractivity contribution in [2.24, 2.45) is 23.7 Å². The monoisotopic (exact) mass is 857 g/mol. The van der Waals surface area contributed by atoms with Gasteiger partial charge >= 0.3 is 5.97 Å². The number of amides is 2. The van der Waals surface area contributed by atoms with Gasteiger partial charge in [-0.05, 0) is 73.2 Å². The zero-order chi connectivity index (χ0) is 34.2. The van der Waals surface area contributed by atoms with Gasteiger partial charge in [0.25, 0.3) is 5.69 Å². The number of hydrogen-bond donors (Lipinski definition) is 0. The van der Waals surface area contributed by atoms with Crippen LogP contribution in [-0.4, -0.2) is 49.7 Å². The first-order valence-corrected chi connectivity index (χ1v) is 17.9. The number of nitro benzene ring substituents is 1. The molecule has 4 aromatic rings. The Hall–Kier alpha value is -3.52. The highest BCUT2D eigenvalue weighted by Crippen LogP contribution is 2.60. The Kier molecular flexibility index (Phi) is 8.54. The second kappa shape index (κ2) is 12.4. The van der Waals surface area contributed by atoms with Gasteiger partial charge in [-0.2, -0.15) is 0 Å². The minimum Gasteiger partial charge on any atom is -0.454 e. The number of aromatic nitrogens is 1. The van der Waals surface area contributed by atoms with Crippen LogP contribution in [0.15, 0.2) is 65.1 Å². The summed E-state index contributed by atoms with van der Waals surface area (Å²) in [6.45, 7) is 1.19. The Morgan fingerprint density at radius 1 is 1.00 bits per heavy atom. The standard InChI is InChI=1S/C34H23Br3ClN3O7/c1-14-8-17(35)10-19-20(34(45)48-13-26(42)16-4-7-23(38)25(9-16)41(46)47)12-24(39-31(14)19)15-2-5-18(6-3-15)40-32(43)27-21-11-22(28(27)33(40)44)30(37)29(21)36/h2-10,12,21-22,27-30H,11,13H2,1H3. The van der Waals surface area contributed by atoms with Crippen molar-refractivity contribution in [1.29, 1.82) is 0 Å². The van der Waals surface area contributed by atoms with Gasteiger partial charge in [-0.25, -0.2) is 9.78 Å². The van der Waals surface area contributed by atoms with Crippen LogP contribution in [0.5, 0.6) is 0 Å². The van der Waals surface area contributed by atoms with Crippen LogP contribution in [0.3, 0.4) is 0 Å². The molecule has 1 saturated heterocycles. The molecule has 1 aromatic heterocycles. The number of pyridine rings is 1. The van der Waals surface area contributed by atoms with E-state index in [1.54, 1.807) is 36.4 Å². The SMILES string of the molecule is Cc1cc(Br)cc2c(C(=O)OCC(=O)c3ccc(Cl)c([N+](=O)[O-])c3)cc(-c3ccc(N4C(=O)C5C6CC(C(Br)C6Br)C5C4=O)cc3)nc12. The third kappa shape index (κ3) is 5.39. The van der Waals surface area contributed by atoms with Crippen molar-refractivity contribution in [1.82, 2.24) is 4.98 Å². The van der Waals surface area contributed by atoms with Gasteiger partial charge in [-0.15, -0.1) is 0 Å². The number of ether oxygens (including phenoxy) is 1. The summed E-state index contributed by atoms with van der Waals surface area (Å²) >= 11 is 16.8. The third-order valence-corrected chi connectivity index (χ3v) is 13.5. The fourth-order valence-electron chi connectivity index (χ4n) is 7.28. The molecule has 0 spiro atoms. The van der Waals surface area contributed by atoms with Gasteiger partial charge in [0, 0.05) is 36.7 Å². The van der Waals surface area contributed by atoms with E-state index in [1.165, 1.54) is 17.0 Å². The molecule has 2 bridgehead atoms. The zero-order valence-electron chi connectivity index (χ0n) is 24.9. The van der Waals surface area contributed by atoms with Gasteiger partial charge in [0.1, 0.15) is 5.02 Å². The smallest absolute Gasteiger partial charge is 0.339 e. The number of anilines is 1. The highest BCUT2D eigenvalue weighted by atomic mass is 79.9. The first kappa shape index (κ1) is 33.0. The van der Waals surface area contributed by atoms with Crippen molar-refractivity contribution in [2.75, 3.05) is 11.5 Å². The number of esters is 1. The highest BCUT2D eigenvalue weighted by molar-refractivity contribution is 9.12. The molecule has 7 rings (SSSR count). The van der Waals surface area contributed by atoms with E-state index in [0.717, 1.165) is 18.1 Å². The predicted molar refractivity (Wildman–Crippen MR) is 189 cm³/mol. The zero-order valence-corrected chi connectivity index (χ0v) is 30.4. The Morgan fingerprint density at radius 2 is 1.65 bits per heavy atom. The van der Waals surface area contributed by atoms with Crippen molar-refractivity contribution in [3.63, 3.8) is 0 Å². The van der Waals surface area contributed by atoms with Crippen LogP contribution in [0.2, 0.25) is 5.02 Å². The summed E-state index contributed by atoms with van der Waals surface area (Å²) in [5.74, 6) is -2.24. The fraction of sp³-hybridized carbons (Fsp3) is 0.265. The van der Waals surface area contributed by atoms with Crippen LogP contribution in [0.1, 0.15) is 32.7 Å². The maximum absolute atomic E-state index is 13.5. The molecule has 1 aliphatic heterocycles. The van der Waals surface area contributed by atoms with E-state index in [1.807, 2.05) is 13.0 Å². The number of rotatable bonds is 7. The molecular weight excluding hydrogens is 838 g/mol. The Morgan fingerprint density at radius 3 is 2.27 bits per heavy atom. The molecule has 2 aliphatic carbocycles. The summed E-state index contributed by atoms with van der Waals surface area (Å²) in [7, 11) is 0. The number of alkyl halides is 2. The average Bonchev–Trinajstić information content (AvgIpc) is 3.67. The van der Waals surface area contributed by atoms with E-state index >= 15 is 0 Å². The molecule has 3 aromatic carbocycles. The molecule has 48 heavy (non-hydrogen) atoms. The van der Waals surface area contributed by atoms with E-state index in [4.69, 9.17) is 21.3 Å². The summed E-state index contributed by atoms with van der Waals surface area (Å²) in [4.78, 5) is 70.3. The molecular formula is C34H23Br3ClN3O7. The summed E-state index contributed by atoms with van der Waals surface area (Å²) in [5, 5.41) is 11.6. The van der Waals surface area contributed by atoms with Crippen LogP contribution < -0.4 is 4.90 Å². The lowest BCUT2D eigenvalue weighted by atomic mass is 9.81. The minimum absolute atomic E-state index is 0.0249. The Labute approximate surface area is 303 Å². The molecule has 6 atom stereocenters. The first-order chi connectivity index (χ1) is 22.8. The number of aryl methyl sites for hydroxylation is 1. The number of fused-ring (bicyclic) bond motifs is 6. The number of carbonyl (C=O) groups is 4. The fourth-order valence-corrected chi connectivity index (χ4v) is 9.91. The molecule has 10 nitrogen and oxygen atoms in total. The number of hydrogen-bond acceptors (Lipinski definition) is 8. The Balaban J connectivity index is 1.17. The van der Waals surface area contributed by atoms with Crippen molar-refractivity contribution in [3.8, 4) is 11.3 Å². The number of imide groups is 1. The van der Waals surface area contributed by atoms with Gasteiger partial charge < -0.3 is 4.74 Å². The van der Waals surface area contributed by atoms with Crippen molar-refractivity contribution >= 4 is 105 Å². The largest absolute Gasteiger partial charge is 0.454 e. The van der Waals surface area contributed by atoms with Crippen LogP contribution >= 0.6 is 59.4 Å². The second-order valence-electron chi connectivity index (χ2n) is 12.2. The quantitative estimate of drug-likeness (QED) is 0.0458. The maximum Gasteiger partial charge on any atom is 0.339 e. The second-order valence-corrected chi connectivity index (χ2v) is 15.6. The summed E-state index contributed by atoms with van der Waals surface area (Å²) in [5.41, 5.74) is 2.55. The molecule has 0 N–H and O–H groups in total. The lowest BCUT2D eigenvalue weighted by Gasteiger charge is -2.28. The predicted octanol–water partition coefficient (Wildman–Crippen LogP) is 7.86. The minimum atomic E-state index is -0.792. The number of nitro groups is 1. The van der Waals surface area contributed by atoms with Crippen LogP contribution in [0.4, 0.5) is 11.4 Å². The summed E-state index contributed by atoms with van der Waals surface area (Å²) in [6.07, 6.45) is 0.845. The van der Waals surface area contributed by atoms with Gasteiger partial charge in [0.05, 0.1) is 39.2 Å². The average molecular weight is 861 g/mol. The lowest BCUT2D eigenvalue weighted by molar-refractivity contribution is -0.384. The molecule has 2 saturated carbocycles. The Bertz CT molecular complexity index is 2060. The third-order valence-electron chi connectivity index (χ3n) is 9.50. The van der Waals surface area contributed by atoms with Crippen molar-refractivity contribution < 1.29 is 28.8 Å². The summed E-state index contributed by atoms with van der Waals surface area (Å²) in [6, 6.07) is 15.6. The molecule has 244 valence electrons. The number of ketones is 1. The summed E-state index contributed by atoms with van der Waals surface area (Å²) < 4.78 is 6.12. The number of Topliss-reactive ketones (excluding diaryl/α,β-unsaturated/α-hetero) is 1. The molecule has 6 unspecified atom stereocenters. The van der Waals surface area contributed by atoms with E-state index < -0.39 is 29.0 Å². The van der Waals surface area contributed by atoms with Gasteiger partial charge in [-0.1, -0.05) is 71.5 Å². The van der Waals surface area contributed by atoms with Crippen LogP contribution in [0.25, 0.3) is 22.2 Å². The molecule has 0 radical (unpaired) electrons. The normalized spacial score (nSPS) is 24.3. The molecule has 14 heteroatoms. The van der Waals surface area contributed by atoms with Crippen LogP contribution in [-0.2, 0) is 14.3 Å². The van der Waals surface area contributed by atoms with E-state index in [0.29, 0.717) is 32.3 Å². The van der Waals surface area contributed by atoms with Crippen molar-refractivity contribution in [2.45, 2.75) is 23.0 Å². The van der Waals surface area contributed by atoms with Crippen molar-refractivity contribution in [3.05, 3.63) is 97.0 Å². The molecule has 3 aliphatic rings. The van der Waals surface area contributed by atoms with Gasteiger partial charge in [-0.3, -0.25) is 29.4 Å².